The average Bonchev–Trinajstić information content (AvgIpc) is 2.63. The van der Waals surface area contributed by atoms with Crippen LogP contribution in [-0.2, 0) is 9.59 Å². The molecule has 1 saturated heterocycles. The van der Waals surface area contributed by atoms with Gasteiger partial charge in [0.05, 0.1) is 18.0 Å². The summed E-state index contributed by atoms with van der Waals surface area (Å²) in [6.45, 7) is 4.31. The SMILES string of the molecule is Cc1cc([N+](=O)[O-])ccc1OCCC(=O)N1CCN(C(=O)CCN)CC1. The maximum Gasteiger partial charge on any atom is 0.269 e. The van der Waals surface area contributed by atoms with E-state index in [4.69, 9.17) is 10.5 Å². The molecule has 0 aromatic heterocycles. The third kappa shape index (κ3) is 5.16. The molecular weight excluding hydrogens is 340 g/mol. The lowest BCUT2D eigenvalue weighted by Crippen LogP contribution is -2.51. The highest BCUT2D eigenvalue weighted by atomic mass is 16.6. The predicted molar refractivity (Wildman–Crippen MR) is 94.8 cm³/mol. The lowest BCUT2D eigenvalue weighted by Gasteiger charge is -2.34. The molecule has 26 heavy (non-hydrogen) atoms. The summed E-state index contributed by atoms with van der Waals surface area (Å²) in [6, 6.07) is 4.36. The van der Waals surface area contributed by atoms with E-state index in [2.05, 4.69) is 0 Å². The van der Waals surface area contributed by atoms with E-state index < -0.39 is 4.92 Å². The summed E-state index contributed by atoms with van der Waals surface area (Å²) < 4.78 is 5.58. The summed E-state index contributed by atoms with van der Waals surface area (Å²) in [5.74, 6) is 0.521. The fourth-order valence-corrected chi connectivity index (χ4v) is 2.80. The van der Waals surface area contributed by atoms with Crippen LogP contribution < -0.4 is 10.5 Å². The maximum atomic E-state index is 12.3. The van der Waals surface area contributed by atoms with E-state index >= 15 is 0 Å². The molecule has 1 aromatic carbocycles. The number of benzene rings is 1. The molecule has 0 atom stereocenters. The summed E-state index contributed by atoms with van der Waals surface area (Å²) >= 11 is 0. The maximum absolute atomic E-state index is 12.3. The van der Waals surface area contributed by atoms with Crippen LogP contribution in [0.4, 0.5) is 5.69 Å². The minimum Gasteiger partial charge on any atom is -0.493 e. The smallest absolute Gasteiger partial charge is 0.269 e. The Hall–Kier alpha value is -2.68. The molecule has 9 nitrogen and oxygen atoms in total. The number of carbonyl (C=O) groups excluding carboxylic acids is 2. The second kappa shape index (κ2) is 9.14. The summed E-state index contributed by atoms with van der Waals surface area (Å²) in [6.07, 6.45) is 0.545. The van der Waals surface area contributed by atoms with Crippen LogP contribution in [0.15, 0.2) is 18.2 Å². The molecule has 1 fully saturated rings. The van der Waals surface area contributed by atoms with Gasteiger partial charge in [-0.05, 0) is 18.6 Å². The monoisotopic (exact) mass is 364 g/mol. The first-order valence-electron chi connectivity index (χ1n) is 8.56. The van der Waals surface area contributed by atoms with E-state index in [1.165, 1.54) is 12.1 Å². The molecule has 0 saturated carbocycles. The van der Waals surface area contributed by atoms with Crippen molar-refractivity contribution in [2.75, 3.05) is 39.3 Å². The lowest BCUT2D eigenvalue weighted by molar-refractivity contribution is -0.384. The Morgan fingerprint density at radius 1 is 1.15 bits per heavy atom. The molecule has 2 rings (SSSR count). The molecule has 0 bridgehead atoms. The van der Waals surface area contributed by atoms with Crippen molar-refractivity contribution in [3.05, 3.63) is 33.9 Å². The van der Waals surface area contributed by atoms with E-state index in [-0.39, 0.29) is 30.5 Å². The molecule has 0 spiro atoms. The Kier molecular flexibility index (Phi) is 6.90. The van der Waals surface area contributed by atoms with Gasteiger partial charge in [-0.3, -0.25) is 19.7 Å². The number of nitrogens with two attached hydrogens (primary N) is 1. The second-order valence-corrected chi connectivity index (χ2v) is 6.11. The van der Waals surface area contributed by atoms with Crippen LogP contribution in [0.5, 0.6) is 5.75 Å². The molecule has 1 aliphatic rings. The molecule has 0 unspecified atom stereocenters. The topological polar surface area (TPSA) is 119 Å². The number of nitrogens with zero attached hydrogens (tertiary/aromatic N) is 3. The lowest BCUT2D eigenvalue weighted by atomic mass is 10.2. The highest BCUT2D eigenvalue weighted by molar-refractivity contribution is 5.78. The van der Waals surface area contributed by atoms with Gasteiger partial charge in [-0.15, -0.1) is 0 Å². The summed E-state index contributed by atoms with van der Waals surface area (Å²) in [7, 11) is 0. The van der Waals surface area contributed by atoms with Crippen molar-refractivity contribution in [1.29, 1.82) is 0 Å². The van der Waals surface area contributed by atoms with Gasteiger partial charge in [0, 0.05) is 51.3 Å². The molecule has 1 heterocycles. The highest BCUT2D eigenvalue weighted by Crippen LogP contribution is 2.23. The fourth-order valence-electron chi connectivity index (χ4n) is 2.80. The zero-order chi connectivity index (χ0) is 19.1. The number of non-ortho nitro benzene ring substituents is 1. The average molecular weight is 364 g/mol. The number of nitro groups is 1. The van der Waals surface area contributed by atoms with Crippen molar-refractivity contribution in [2.45, 2.75) is 19.8 Å². The van der Waals surface area contributed by atoms with Crippen molar-refractivity contribution in [1.82, 2.24) is 9.80 Å². The minimum absolute atomic E-state index is 0.00739. The van der Waals surface area contributed by atoms with E-state index in [1.807, 2.05) is 0 Å². The number of hydrogen-bond donors (Lipinski definition) is 1. The number of amides is 2. The standard InChI is InChI=1S/C17H24N4O5/c1-13-12-14(21(24)25)2-3-15(13)26-11-5-17(23)20-9-7-19(8-10-20)16(22)4-6-18/h2-3,12H,4-11,18H2,1H3. The van der Waals surface area contributed by atoms with Crippen LogP contribution in [0.3, 0.4) is 0 Å². The Bertz CT molecular complexity index is 671. The fraction of sp³-hybridized carbons (Fsp3) is 0.529. The van der Waals surface area contributed by atoms with Crippen LogP contribution in [0, 0.1) is 17.0 Å². The van der Waals surface area contributed by atoms with Crippen molar-refractivity contribution in [2.24, 2.45) is 5.73 Å². The van der Waals surface area contributed by atoms with Gasteiger partial charge >= 0.3 is 0 Å². The number of ether oxygens (including phenoxy) is 1. The van der Waals surface area contributed by atoms with Gasteiger partial charge in [0.1, 0.15) is 5.75 Å². The van der Waals surface area contributed by atoms with E-state index in [0.717, 1.165) is 0 Å². The van der Waals surface area contributed by atoms with E-state index in [0.29, 0.717) is 50.5 Å². The quantitative estimate of drug-likeness (QED) is 0.562. The van der Waals surface area contributed by atoms with Gasteiger partial charge in [0.15, 0.2) is 0 Å². The summed E-state index contributed by atoms with van der Waals surface area (Å²) in [5, 5.41) is 10.7. The zero-order valence-corrected chi connectivity index (χ0v) is 14.8. The second-order valence-electron chi connectivity index (χ2n) is 6.11. The van der Waals surface area contributed by atoms with E-state index in [9.17, 15) is 19.7 Å². The molecule has 9 heteroatoms. The molecule has 1 aliphatic heterocycles. The number of carbonyl (C=O) groups is 2. The van der Waals surface area contributed by atoms with Gasteiger partial charge in [0.25, 0.3) is 5.69 Å². The zero-order valence-electron chi connectivity index (χ0n) is 14.8. The normalized spacial score (nSPS) is 14.2. The van der Waals surface area contributed by atoms with Gasteiger partial charge < -0.3 is 20.3 Å². The molecule has 2 amide bonds. The molecule has 0 radical (unpaired) electrons. The summed E-state index contributed by atoms with van der Waals surface area (Å²) in [4.78, 5) is 37.8. The number of nitro benzene ring substituents is 1. The first-order chi connectivity index (χ1) is 12.4. The van der Waals surface area contributed by atoms with Crippen LogP contribution in [0.2, 0.25) is 0 Å². The molecule has 142 valence electrons. The van der Waals surface area contributed by atoms with Crippen LogP contribution in [-0.4, -0.2) is 65.9 Å². The third-order valence-electron chi connectivity index (χ3n) is 4.29. The van der Waals surface area contributed by atoms with Crippen molar-refractivity contribution >= 4 is 17.5 Å². The van der Waals surface area contributed by atoms with Crippen molar-refractivity contribution in [3.8, 4) is 5.75 Å². The third-order valence-corrected chi connectivity index (χ3v) is 4.29. The Morgan fingerprint density at radius 3 is 2.23 bits per heavy atom. The van der Waals surface area contributed by atoms with Crippen molar-refractivity contribution in [3.63, 3.8) is 0 Å². The van der Waals surface area contributed by atoms with Crippen molar-refractivity contribution < 1.29 is 19.2 Å². The van der Waals surface area contributed by atoms with Gasteiger partial charge in [-0.25, -0.2) is 0 Å². The molecule has 0 aliphatic carbocycles. The molecule has 2 N–H and O–H groups in total. The first-order valence-corrected chi connectivity index (χ1v) is 8.56. The predicted octanol–water partition coefficient (Wildman–Crippen LogP) is 0.692. The number of rotatable bonds is 7. The number of piperazine rings is 1. The van der Waals surface area contributed by atoms with Crippen LogP contribution in [0.1, 0.15) is 18.4 Å². The number of aryl methyl sites for hydroxylation is 1. The van der Waals surface area contributed by atoms with Gasteiger partial charge in [0.2, 0.25) is 11.8 Å². The first kappa shape index (κ1) is 19.6. The van der Waals surface area contributed by atoms with Gasteiger partial charge in [-0.2, -0.15) is 0 Å². The number of hydrogen-bond acceptors (Lipinski definition) is 6. The Labute approximate surface area is 151 Å². The van der Waals surface area contributed by atoms with E-state index in [1.54, 1.807) is 22.8 Å². The van der Waals surface area contributed by atoms with Crippen LogP contribution >= 0.6 is 0 Å². The summed E-state index contributed by atoms with van der Waals surface area (Å²) in [5.41, 5.74) is 6.05. The minimum atomic E-state index is -0.460. The highest BCUT2D eigenvalue weighted by Gasteiger charge is 2.23. The largest absolute Gasteiger partial charge is 0.493 e. The molecular formula is C17H24N4O5. The Morgan fingerprint density at radius 2 is 1.73 bits per heavy atom. The Balaban J connectivity index is 1.76. The van der Waals surface area contributed by atoms with Crippen LogP contribution in [0.25, 0.3) is 0 Å². The molecule has 1 aromatic rings. The van der Waals surface area contributed by atoms with Gasteiger partial charge in [-0.1, -0.05) is 0 Å².